The van der Waals surface area contributed by atoms with E-state index in [0.29, 0.717) is 6.04 Å². The number of nitrogens with zero attached hydrogens (tertiary/aromatic N) is 1. The van der Waals surface area contributed by atoms with Crippen molar-refractivity contribution in [1.29, 1.82) is 0 Å². The van der Waals surface area contributed by atoms with Crippen LogP contribution in [0.2, 0.25) is 0 Å². The van der Waals surface area contributed by atoms with Gasteiger partial charge in [-0.05, 0) is 33.9 Å². The van der Waals surface area contributed by atoms with Crippen LogP contribution < -0.4 is 5.73 Å². The van der Waals surface area contributed by atoms with Crippen LogP contribution in [0, 0.1) is 0 Å². The van der Waals surface area contributed by atoms with Gasteiger partial charge in [-0.2, -0.15) is 0 Å². The molecule has 0 heterocycles. The van der Waals surface area contributed by atoms with E-state index in [4.69, 9.17) is 5.73 Å². The Morgan fingerprint density at radius 3 is 2.45 bits per heavy atom. The van der Waals surface area contributed by atoms with Crippen molar-refractivity contribution >= 4 is 0 Å². The van der Waals surface area contributed by atoms with Crippen LogP contribution in [0.4, 0.5) is 0 Å². The molecule has 0 aromatic carbocycles. The van der Waals surface area contributed by atoms with Crippen LogP contribution in [-0.2, 0) is 0 Å². The average Bonchev–Trinajstić information content (AvgIpc) is 1.82. The van der Waals surface area contributed by atoms with E-state index in [2.05, 4.69) is 11.5 Å². The van der Waals surface area contributed by atoms with Crippen molar-refractivity contribution in [3.63, 3.8) is 0 Å². The third-order valence-electron chi connectivity index (χ3n) is 1.54. The topological polar surface area (TPSA) is 29.3 Å². The lowest BCUT2D eigenvalue weighted by Gasteiger charge is -2.16. The van der Waals surface area contributed by atoms with Crippen molar-refractivity contribution in [2.75, 3.05) is 20.6 Å². The fourth-order valence-corrected chi connectivity index (χ4v) is 0.992. The molecule has 0 aromatic rings. The number of hydrogen-bond acceptors (Lipinski definition) is 2. The highest BCUT2D eigenvalue weighted by molar-refractivity contribution is 4.88. The summed E-state index contributed by atoms with van der Waals surface area (Å²) < 4.78 is 0. The molecule has 0 saturated heterocycles. The molecule has 2 heteroatoms. The number of hydrogen-bond donors (Lipinski definition) is 1. The smallest absolute Gasteiger partial charge is 0.0170 e. The Kier molecular flexibility index (Phi) is 5.16. The first-order valence-electron chi connectivity index (χ1n) is 4.07. The second-order valence-electron chi connectivity index (χ2n) is 3.52. The molecule has 0 aliphatic carbocycles. The summed E-state index contributed by atoms with van der Waals surface area (Å²) in [7, 11) is 4.08. The Hall–Kier alpha value is -0.340. The third-order valence-corrected chi connectivity index (χ3v) is 1.54. The lowest BCUT2D eigenvalue weighted by molar-refractivity contribution is 0.363. The maximum Gasteiger partial charge on any atom is 0.0170 e. The summed E-state index contributed by atoms with van der Waals surface area (Å²) >= 11 is 0. The fraction of sp³-hybridized carbons (Fsp3) is 0.778. The maximum atomic E-state index is 5.84. The summed E-state index contributed by atoms with van der Waals surface area (Å²) in [5.74, 6) is 0. The van der Waals surface area contributed by atoms with Gasteiger partial charge < -0.3 is 10.6 Å². The van der Waals surface area contributed by atoms with Crippen molar-refractivity contribution in [2.45, 2.75) is 25.8 Å². The Balaban J connectivity index is 3.37. The van der Waals surface area contributed by atoms with E-state index in [1.165, 1.54) is 5.57 Å². The molecule has 0 aliphatic rings. The van der Waals surface area contributed by atoms with Crippen molar-refractivity contribution in [3.05, 3.63) is 12.2 Å². The van der Waals surface area contributed by atoms with Crippen LogP contribution >= 0.6 is 0 Å². The second-order valence-corrected chi connectivity index (χ2v) is 3.52. The van der Waals surface area contributed by atoms with Crippen LogP contribution in [0.1, 0.15) is 19.8 Å². The zero-order valence-electron chi connectivity index (χ0n) is 7.93. The van der Waals surface area contributed by atoms with Crippen LogP contribution in [0.5, 0.6) is 0 Å². The molecule has 11 heavy (non-hydrogen) atoms. The lowest BCUT2D eigenvalue weighted by Crippen LogP contribution is -2.33. The standard InChI is InChI=1S/C9H20N2/c1-8(2)5-6-9(10)7-11(3)4/h9H,1,5-7,10H2,2-4H3. The van der Waals surface area contributed by atoms with E-state index >= 15 is 0 Å². The summed E-state index contributed by atoms with van der Waals surface area (Å²) in [4.78, 5) is 2.11. The number of likely N-dealkylation sites (N-methyl/N-ethyl adjacent to an activating group) is 1. The molecule has 0 saturated carbocycles. The molecule has 0 rings (SSSR count). The highest BCUT2D eigenvalue weighted by Gasteiger charge is 2.02. The van der Waals surface area contributed by atoms with Gasteiger partial charge >= 0.3 is 0 Å². The van der Waals surface area contributed by atoms with Gasteiger partial charge in [0.1, 0.15) is 0 Å². The van der Waals surface area contributed by atoms with Gasteiger partial charge in [-0.1, -0.05) is 5.57 Å². The van der Waals surface area contributed by atoms with Gasteiger partial charge in [0.05, 0.1) is 0 Å². The molecule has 2 N–H and O–H groups in total. The summed E-state index contributed by atoms with van der Waals surface area (Å²) in [6.45, 7) is 6.85. The van der Waals surface area contributed by atoms with E-state index in [0.717, 1.165) is 19.4 Å². The van der Waals surface area contributed by atoms with Gasteiger partial charge in [0, 0.05) is 12.6 Å². The normalized spacial score (nSPS) is 13.5. The van der Waals surface area contributed by atoms with Crippen LogP contribution in [0.15, 0.2) is 12.2 Å². The predicted octanol–water partition coefficient (Wildman–Crippen LogP) is 1.23. The van der Waals surface area contributed by atoms with Crippen molar-refractivity contribution in [2.24, 2.45) is 5.73 Å². The summed E-state index contributed by atoms with van der Waals surface area (Å²) in [6.07, 6.45) is 2.10. The predicted molar refractivity (Wildman–Crippen MR) is 50.6 cm³/mol. The van der Waals surface area contributed by atoms with Gasteiger partial charge in [0.25, 0.3) is 0 Å². The van der Waals surface area contributed by atoms with Gasteiger partial charge in [0.15, 0.2) is 0 Å². The Labute approximate surface area is 70.1 Å². The molecule has 0 fully saturated rings. The quantitative estimate of drug-likeness (QED) is 0.607. The largest absolute Gasteiger partial charge is 0.327 e. The summed E-state index contributed by atoms with van der Waals surface area (Å²) in [6, 6.07) is 0.293. The first kappa shape index (κ1) is 10.7. The Bertz CT molecular complexity index is 119. The molecular formula is C9H20N2. The van der Waals surface area contributed by atoms with Crippen molar-refractivity contribution in [3.8, 4) is 0 Å². The Morgan fingerprint density at radius 1 is 1.55 bits per heavy atom. The second kappa shape index (κ2) is 5.33. The molecule has 0 bridgehead atoms. The molecule has 66 valence electrons. The molecule has 1 atom stereocenters. The van der Waals surface area contributed by atoms with Gasteiger partial charge in [-0.3, -0.25) is 0 Å². The molecule has 0 aliphatic heterocycles. The molecule has 1 unspecified atom stereocenters. The van der Waals surface area contributed by atoms with E-state index < -0.39 is 0 Å². The molecule has 0 radical (unpaired) electrons. The fourth-order valence-electron chi connectivity index (χ4n) is 0.992. The van der Waals surface area contributed by atoms with Crippen molar-refractivity contribution < 1.29 is 0 Å². The SMILES string of the molecule is C=C(C)CCC(N)CN(C)C. The minimum absolute atomic E-state index is 0.293. The number of rotatable bonds is 5. The van der Waals surface area contributed by atoms with Crippen molar-refractivity contribution in [1.82, 2.24) is 4.90 Å². The maximum absolute atomic E-state index is 5.84. The summed E-state index contributed by atoms with van der Waals surface area (Å²) in [5.41, 5.74) is 7.06. The highest BCUT2D eigenvalue weighted by atomic mass is 15.1. The van der Waals surface area contributed by atoms with Gasteiger partial charge in [0.2, 0.25) is 0 Å². The molecule has 2 nitrogen and oxygen atoms in total. The first-order chi connectivity index (χ1) is 5.02. The average molecular weight is 156 g/mol. The monoisotopic (exact) mass is 156 g/mol. The van der Waals surface area contributed by atoms with E-state index in [1.807, 2.05) is 21.0 Å². The van der Waals surface area contributed by atoms with E-state index in [1.54, 1.807) is 0 Å². The molecule has 0 amide bonds. The zero-order valence-corrected chi connectivity index (χ0v) is 7.93. The van der Waals surface area contributed by atoms with Crippen LogP contribution in [0.3, 0.4) is 0 Å². The minimum atomic E-state index is 0.293. The van der Waals surface area contributed by atoms with Gasteiger partial charge in [-0.15, -0.1) is 6.58 Å². The Morgan fingerprint density at radius 2 is 2.09 bits per heavy atom. The molecular weight excluding hydrogens is 136 g/mol. The van der Waals surface area contributed by atoms with Crippen LogP contribution in [-0.4, -0.2) is 31.6 Å². The highest BCUT2D eigenvalue weighted by Crippen LogP contribution is 2.02. The minimum Gasteiger partial charge on any atom is -0.327 e. The van der Waals surface area contributed by atoms with E-state index in [-0.39, 0.29) is 0 Å². The van der Waals surface area contributed by atoms with Crippen LogP contribution in [0.25, 0.3) is 0 Å². The lowest BCUT2D eigenvalue weighted by atomic mass is 10.1. The molecule has 0 aromatic heterocycles. The number of allylic oxidation sites excluding steroid dienone is 1. The zero-order chi connectivity index (χ0) is 8.85. The summed E-state index contributed by atoms with van der Waals surface area (Å²) in [5, 5.41) is 0. The van der Waals surface area contributed by atoms with Gasteiger partial charge in [-0.25, -0.2) is 0 Å². The third kappa shape index (κ3) is 7.56. The van der Waals surface area contributed by atoms with E-state index in [9.17, 15) is 0 Å². The number of nitrogens with two attached hydrogens (primary N) is 1. The first-order valence-corrected chi connectivity index (χ1v) is 4.07. The molecule has 0 spiro atoms.